The highest BCUT2D eigenvalue weighted by molar-refractivity contribution is 5.07. The van der Waals surface area contributed by atoms with Crippen LogP contribution < -0.4 is 11.3 Å². The van der Waals surface area contributed by atoms with Crippen LogP contribution in [0.4, 0.5) is 0 Å². The Morgan fingerprint density at radius 1 is 1.46 bits per heavy atom. The number of rotatable bonds is 4. The molecule has 0 saturated heterocycles. The lowest BCUT2D eigenvalue weighted by atomic mass is 10.3. The number of pyridine rings is 1. The lowest BCUT2D eigenvalue weighted by Gasteiger charge is -2.04. The van der Waals surface area contributed by atoms with Gasteiger partial charge in [0.1, 0.15) is 0 Å². The monoisotopic (exact) mass is 180 g/mol. The molecule has 0 saturated carbocycles. The first-order chi connectivity index (χ1) is 6.25. The van der Waals surface area contributed by atoms with Crippen molar-refractivity contribution in [2.24, 2.45) is 5.73 Å². The molecule has 0 fully saturated rings. The second-order valence-electron chi connectivity index (χ2n) is 3.19. The maximum Gasteiger partial charge on any atom is 0.253 e. The molecule has 1 rings (SSSR count). The van der Waals surface area contributed by atoms with Gasteiger partial charge in [0, 0.05) is 18.3 Å². The van der Waals surface area contributed by atoms with E-state index in [1.54, 1.807) is 4.57 Å². The van der Waals surface area contributed by atoms with Crippen molar-refractivity contribution in [3.63, 3.8) is 0 Å². The van der Waals surface area contributed by atoms with Gasteiger partial charge in [0.25, 0.3) is 5.56 Å². The minimum Gasteiger partial charge on any atom is -0.330 e. The van der Waals surface area contributed by atoms with Crippen LogP contribution in [0.25, 0.3) is 0 Å². The van der Waals surface area contributed by atoms with Gasteiger partial charge in [-0.1, -0.05) is 6.07 Å². The molecule has 3 heteroatoms. The zero-order valence-corrected chi connectivity index (χ0v) is 7.99. The summed E-state index contributed by atoms with van der Waals surface area (Å²) in [6.45, 7) is 3.31. The molecule has 0 radical (unpaired) electrons. The standard InChI is InChI=1S/C10H16N2O/c1-9-5-4-8-12(10(9)13)7-3-2-6-11/h4-5,8H,2-3,6-7,11H2,1H3. The van der Waals surface area contributed by atoms with Gasteiger partial charge in [0.2, 0.25) is 0 Å². The van der Waals surface area contributed by atoms with Gasteiger partial charge in [0.15, 0.2) is 0 Å². The van der Waals surface area contributed by atoms with Crippen LogP contribution >= 0.6 is 0 Å². The van der Waals surface area contributed by atoms with E-state index in [4.69, 9.17) is 5.73 Å². The van der Waals surface area contributed by atoms with E-state index in [0.29, 0.717) is 6.54 Å². The van der Waals surface area contributed by atoms with Crippen LogP contribution in [0, 0.1) is 6.92 Å². The van der Waals surface area contributed by atoms with Crippen molar-refractivity contribution in [3.05, 3.63) is 34.2 Å². The first-order valence-corrected chi connectivity index (χ1v) is 4.62. The van der Waals surface area contributed by atoms with Crippen LogP contribution in [0.15, 0.2) is 23.1 Å². The fourth-order valence-corrected chi connectivity index (χ4v) is 1.26. The average molecular weight is 180 g/mol. The summed E-state index contributed by atoms with van der Waals surface area (Å²) in [7, 11) is 0. The van der Waals surface area contributed by atoms with Gasteiger partial charge in [-0.3, -0.25) is 4.79 Å². The van der Waals surface area contributed by atoms with Crippen molar-refractivity contribution in [1.82, 2.24) is 4.57 Å². The highest BCUT2D eigenvalue weighted by atomic mass is 16.1. The maximum atomic E-state index is 11.5. The predicted molar refractivity (Wildman–Crippen MR) is 53.7 cm³/mol. The highest BCUT2D eigenvalue weighted by Gasteiger charge is 1.96. The fourth-order valence-electron chi connectivity index (χ4n) is 1.26. The van der Waals surface area contributed by atoms with E-state index < -0.39 is 0 Å². The zero-order chi connectivity index (χ0) is 9.68. The van der Waals surface area contributed by atoms with E-state index in [1.807, 2.05) is 25.3 Å². The molecular weight excluding hydrogens is 164 g/mol. The van der Waals surface area contributed by atoms with E-state index in [9.17, 15) is 4.79 Å². The third kappa shape index (κ3) is 2.70. The van der Waals surface area contributed by atoms with Crippen LogP contribution in [0.2, 0.25) is 0 Å². The molecule has 0 bridgehead atoms. The van der Waals surface area contributed by atoms with Gasteiger partial charge < -0.3 is 10.3 Å². The summed E-state index contributed by atoms with van der Waals surface area (Å²) in [5.41, 5.74) is 6.29. The van der Waals surface area contributed by atoms with Crippen molar-refractivity contribution in [2.45, 2.75) is 26.3 Å². The molecule has 1 aromatic heterocycles. The van der Waals surface area contributed by atoms with E-state index in [2.05, 4.69) is 0 Å². The van der Waals surface area contributed by atoms with Gasteiger partial charge in [-0.15, -0.1) is 0 Å². The molecule has 72 valence electrons. The number of unbranched alkanes of at least 4 members (excludes halogenated alkanes) is 1. The number of nitrogens with two attached hydrogens (primary N) is 1. The Labute approximate surface area is 78.2 Å². The Kier molecular flexibility index (Phi) is 3.71. The van der Waals surface area contributed by atoms with Gasteiger partial charge >= 0.3 is 0 Å². The summed E-state index contributed by atoms with van der Waals surface area (Å²) >= 11 is 0. The number of nitrogens with zero attached hydrogens (tertiary/aromatic N) is 1. The molecular formula is C10H16N2O. The summed E-state index contributed by atoms with van der Waals surface area (Å²) in [5.74, 6) is 0. The minimum atomic E-state index is 0.111. The van der Waals surface area contributed by atoms with Crippen LogP contribution in [0.3, 0.4) is 0 Å². The van der Waals surface area contributed by atoms with Crippen LogP contribution in [-0.2, 0) is 6.54 Å². The SMILES string of the molecule is Cc1cccn(CCCCN)c1=O. The van der Waals surface area contributed by atoms with E-state index >= 15 is 0 Å². The normalized spacial score (nSPS) is 10.3. The first kappa shape index (κ1) is 9.99. The summed E-state index contributed by atoms with van der Waals surface area (Å²) < 4.78 is 1.74. The van der Waals surface area contributed by atoms with Crippen molar-refractivity contribution in [2.75, 3.05) is 6.54 Å². The first-order valence-electron chi connectivity index (χ1n) is 4.62. The second-order valence-corrected chi connectivity index (χ2v) is 3.19. The third-order valence-corrected chi connectivity index (χ3v) is 2.06. The second kappa shape index (κ2) is 4.82. The number of hydrogen-bond acceptors (Lipinski definition) is 2. The van der Waals surface area contributed by atoms with Crippen molar-refractivity contribution < 1.29 is 0 Å². The number of aryl methyl sites for hydroxylation is 2. The van der Waals surface area contributed by atoms with Gasteiger partial charge in [0.05, 0.1) is 0 Å². The zero-order valence-electron chi connectivity index (χ0n) is 7.99. The summed E-state index contributed by atoms with van der Waals surface area (Å²) in [4.78, 5) is 11.5. The molecule has 1 aromatic rings. The number of hydrogen-bond donors (Lipinski definition) is 1. The van der Waals surface area contributed by atoms with Crippen LogP contribution in [0.5, 0.6) is 0 Å². The maximum absolute atomic E-state index is 11.5. The van der Waals surface area contributed by atoms with Crippen LogP contribution in [-0.4, -0.2) is 11.1 Å². The Hall–Kier alpha value is -1.09. The van der Waals surface area contributed by atoms with Gasteiger partial charge in [-0.2, -0.15) is 0 Å². The average Bonchev–Trinajstić information content (AvgIpc) is 2.13. The molecule has 0 spiro atoms. The molecule has 0 atom stereocenters. The molecule has 3 nitrogen and oxygen atoms in total. The van der Waals surface area contributed by atoms with Gasteiger partial charge in [-0.25, -0.2) is 0 Å². The van der Waals surface area contributed by atoms with E-state index in [1.165, 1.54) is 0 Å². The van der Waals surface area contributed by atoms with Crippen molar-refractivity contribution in [1.29, 1.82) is 0 Å². The summed E-state index contributed by atoms with van der Waals surface area (Å²) in [5, 5.41) is 0. The Balaban J connectivity index is 2.67. The molecule has 1 heterocycles. The predicted octanol–water partition coefficient (Wildman–Crippen LogP) is 0.896. The lowest BCUT2D eigenvalue weighted by Crippen LogP contribution is -2.21. The summed E-state index contributed by atoms with van der Waals surface area (Å²) in [6, 6.07) is 3.74. The number of aromatic nitrogens is 1. The quantitative estimate of drug-likeness (QED) is 0.700. The molecule has 0 unspecified atom stereocenters. The molecule has 2 N–H and O–H groups in total. The molecule has 0 aromatic carbocycles. The fraction of sp³-hybridized carbons (Fsp3) is 0.500. The third-order valence-electron chi connectivity index (χ3n) is 2.06. The molecule has 0 aliphatic carbocycles. The Morgan fingerprint density at radius 2 is 2.23 bits per heavy atom. The Morgan fingerprint density at radius 3 is 2.92 bits per heavy atom. The van der Waals surface area contributed by atoms with E-state index in [0.717, 1.165) is 24.9 Å². The van der Waals surface area contributed by atoms with Gasteiger partial charge in [-0.05, 0) is 32.4 Å². The minimum absolute atomic E-state index is 0.111. The Bertz CT molecular complexity index is 317. The van der Waals surface area contributed by atoms with E-state index in [-0.39, 0.29) is 5.56 Å². The molecule has 0 aliphatic heterocycles. The van der Waals surface area contributed by atoms with Crippen molar-refractivity contribution in [3.8, 4) is 0 Å². The highest BCUT2D eigenvalue weighted by Crippen LogP contribution is 1.93. The molecule has 13 heavy (non-hydrogen) atoms. The molecule has 0 amide bonds. The lowest BCUT2D eigenvalue weighted by molar-refractivity contribution is 0.596. The smallest absolute Gasteiger partial charge is 0.253 e. The van der Waals surface area contributed by atoms with Crippen molar-refractivity contribution >= 4 is 0 Å². The summed E-state index contributed by atoms with van der Waals surface area (Å²) in [6.07, 6.45) is 3.77. The largest absolute Gasteiger partial charge is 0.330 e. The van der Waals surface area contributed by atoms with Crippen LogP contribution in [0.1, 0.15) is 18.4 Å². The topological polar surface area (TPSA) is 48.0 Å². The molecule has 0 aliphatic rings.